The fraction of sp³-hybridized carbons (Fsp3) is 0.182. The number of hydrogen-bond acceptors (Lipinski definition) is 0. The molecule has 0 unspecified atom stereocenters. The summed E-state index contributed by atoms with van der Waals surface area (Å²) in [5.74, 6) is 0. The summed E-state index contributed by atoms with van der Waals surface area (Å²) in [5, 5.41) is 0. The summed E-state index contributed by atoms with van der Waals surface area (Å²) in [6.45, 7) is 7.00. The van der Waals surface area contributed by atoms with E-state index in [1.165, 1.54) is 28.2 Å². The van der Waals surface area contributed by atoms with Crippen LogP contribution in [0.2, 0.25) is 0 Å². The first-order valence-electron chi connectivity index (χ1n) is 8.21. The Morgan fingerprint density at radius 1 is 0.565 bits per heavy atom. The molecular formula is C22H22N+. The van der Waals surface area contributed by atoms with E-state index in [1.54, 1.807) is 0 Å². The van der Waals surface area contributed by atoms with E-state index in [9.17, 15) is 0 Å². The molecule has 3 aromatic carbocycles. The Kier molecular flexibility index (Phi) is 2.97. The minimum absolute atomic E-state index is 0.00403. The summed E-state index contributed by atoms with van der Waals surface area (Å²) in [5.41, 5.74) is 6.75. The van der Waals surface area contributed by atoms with Crippen LogP contribution in [-0.4, -0.2) is 5.54 Å². The Hall–Kier alpha value is -2.38. The van der Waals surface area contributed by atoms with E-state index in [1.807, 2.05) is 0 Å². The Labute approximate surface area is 138 Å². The maximum atomic E-state index is 2.33. The predicted molar refractivity (Wildman–Crippen MR) is 99.2 cm³/mol. The molecule has 0 aliphatic carbocycles. The fourth-order valence-corrected chi connectivity index (χ4v) is 4.16. The SMILES string of the molecule is CC(C)(C)[N+]1(c2ccccc2)c2ccccc2-c2ccccc21. The number of quaternary nitrogens is 1. The van der Waals surface area contributed by atoms with Crippen LogP contribution in [0, 0.1) is 0 Å². The van der Waals surface area contributed by atoms with E-state index < -0.39 is 0 Å². The molecule has 0 radical (unpaired) electrons. The maximum Gasteiger partial charge on any atom is 0.151 e. The van der Waals surface area contributed by atoms with Crippen molar-refractivity contribution in [1.82, 2.24) is 4.48 Å². The fourth-order valence-electron chi connectivity index (χ4n) is 4.16. The third kappa shape index (κ3) is 1.77. The molecule has 0 atom stereocenters. The van der Waals surface area contributed by atoms with Crippen LogP contribution in [0.15, 0.2) is 78.9 Å². The van der Waals surface area contributed by atoms with E-state index in [0.29, 0.717) is 0 Å². The number of fused-ring (bicyclic) bond motifs is 3. The second-order valence-electron chi connectivity index (χ2n) is 7.21. The quantitative estimate of drug-likeness (QED) is 0.454. The average Bonchev–Trinajstić information content (AvgIpc) is 2.87. The molecule has 3 aromatic rings. The number of nitrogens with zero attached hydrogens (tertiary/aromatic N) is 1. The number of rotatable bonds is 1. The smallest absolute Gasteiger partial charge is 0.151 e. The molecule has 0 saturated carbocycles. The molecule has 23 heavy (non-hydrogen) atoms. The average molecular weight is 300 g/mol. The Morgan fingerprint density at radius 3 is 1.48 bits per heavy atom. The van der Waals surface area contributed by atoms with Gasteiger partial charge in [0.2, 0.25) is 0 Å². The van der Waals surface area contributed by atoms with E-state index in [0.717, 1.165) is 4.48 Å². The van der Waals surface area contributed by atoms with Crippen LogP contribution in [0.25, 0.3) is 11.1 Å². The maximum absolute atomic E-state index is 2.33. The summed E-state index contributed by atoms with van der Waals surface area (Å²) in [6.07, 6.45) is 0. The highest BCUT2D eigenvalue weighted by molar-refractivity contribution is 5.98. The van der Waals surface area contributed by atoms with Crippen LogP contribution in [0.4, 0.5) is 17.1 Å². The highest BCUT2D eigenvalue weighted by atomic mass is 15.4. The molecule has 0 bridgehead atoms. The predicted octanol–water partition coefficient (Wildman–Crippen LogP) is 6.44. The first-order chi connectivity index (χ1) is 11.1. The molecule has 1 nitrogen and oxygen atoms in total. The van der Waals surface area contributed by atoms with Crippen molar-refractivity contribution in [2.24, 2.45) is 0 Å². The van der Waals surface area contributed by atoms with Gasteiger partial charge < -0.3 is 0 Å². The molecule has 1 heteroatoms. The normalized spacial score (nSPS) is 15.1. The molecular weight excluding hydrogens is 278 g/mol. The lowest BCUT2D eigenvalue weighted by Crippen LogP contribution is -2.52. The molecule has 0 spiro atoms. The second-order valence-corrected chi connectivity index (χ2v) is 7.21. The van der Waals surface area contributed by atoms with Crippen molar-refractivity contribution in [1.29, 1.82) is 0 Å². The molecule has 0 saturated heterocycles. The van der Waals surface area contributed by atoms with Crippen LogP contribution in [0.5, 0.6) is 0 Å². The highest BCUT2D eigenvalue weighted by Crippen LogP contribution is 2.61. The molecule has 114 valence electrons. The summed E-state index contributed by atoms with van der Waals surface area (Å²) in [4.78, 5) is 0. The summed E-state index contributed by atoms with van der Waals surface area (Å²) >= 11 is 0. The standard InChI is InChI=1S/C22H22N/c1-22(2,3)23(17-11-5-4-6-12-17)20-15-9-7-13-18(20)19-14-8-10-16-21(19)23/h4-16H,1-3H3/q+1. The summed E-state index contributed by atoms with van der Waals surface area (Å²) in [6, 6.07) is 28.6. The number of para-hydroxylation sites is 3. The van der Waals surface area contributed by atoms with Gasteiger partial charge in [-0.25, -0.2) is 4.48 Å². The van der Waals surface area contributed by atoms with E-state index >= 15 is 0 Å². The number of hydrogen-bond donors (Lipinski definition) is 0. The van der Waals surface area contributed by atoms with Gasteiger partial charge in [-0.2, -0.15) is 0 Å². The van der Waals surface area contributed by atoms with Crippen LogP contribution in [0.1, 0.15) is 20.8 Å². The van der Waals surface area contributed by atoms with Crippen molar-refractivity contribution in [2.75, 3.05) is 0 Å². The third-order valence-electron chi connectivity index (χ3n) is 4.97. The molecule has 0 amide bonds. The minimum atomic E-state index is 0.00403. The van der Waals surface area contributed by atoms with Crippen LogP contribution >= 0.6 is 0 Å². The lowest BCUT2D eigenvalue weighted by Gasteiger charge is -2.45. The van der Waals surface area contributed by atoms with Crippen molar-refractivity contribution >= 4 is 17.1 Å². The van der Waals surface area contributed by atoms with Gasteiger partial charge in [0, 0.05) is 23.3 Å². The largest absolute Gasteiger partial charge is 0.221 e. The summed E-state index contributed by atoms with van der Waals surface area (Å²) in [7, 11) is 0. The molecule has 0 fully saturated rings. The van der Waals surface area contributed by atoms with Crippen molar-refractivity contribution in [3.63, 3.8) is 0 Å². The van der Waals surface area contributed by atoms with Gasteiger partial charge in [0.25, 0.3) is 0 Å². The summed E-state index contributed by atoms with van der Waals surface area (Å²) < 4.78 is 0.764. The number of benzene rings is 3. The van der Waals surface area contributed by atoms with Crippen molar-refractivity contribution in [3.8, 4) is 11.1 Å². The van der Waals surface area contributed by atoms with Crippen LogP contribution in [0.3, 0.4) is 0 Å². The molecule has 4 rings (SSSR count). The lowest BCUT2D eigenvalue weighted by molar-refractivity contribution is 0.302. The van der Waals surface area contributed by atoms with Gasteiger partial charge in [0.05, 0.1) is 0 Å². The molecule has 1 heterocycles. The van der Waals surface area contributed by atoms with Crippen LogP contribution in [-0.2, 0) is 0 Å². The van der Waals surface area contributed by atoms with Gasteiger partial charge >= 0.3 is 0 Å². The topological polar surface area (TPSA) is 0 Å². The van der Waals surface area contributed by atoms with E-state index in [-0.39, 0.29) is 5.54 Å². The Bertz CT molecular complexity index is 811. The Balaban J connectivity index is 2.19. The monoisotopic (exact) mass is 300 g/mol. The van der Waals surface area contributed by atoms with Gasteiger partial charge in [-0.1, -0.05) is 42.5 Å². The molecule has 0 N–H and O–H groups in total. The third-order valence-corrected chi connectivity index (χ3v) is 4.97. The van der Waals surface area contributed by atoms with Gasteiger partial charge in [0.15, 0.2) is 11.4 Å². The van der Waals surface area contributed by atoms with Crippen molar-refractivity contribution < 1.29 is 0 Å². The molecule has 1 aliphatic rings. The van der Waals surface area contributed by atoms with Gasteiger partial charge in [-0.3, -0.25) is 0 Å². The molecule has 0 aromatic heterocycles. The zero-order valence-electron chi connectivity index (χ0n) is 14.0. The van der Waals surface area contributed by atoms with E-state index in [4.69, 9.17) is 0 Å². The van der Waals surface area contributed by atoms with Gasteiger partial charge in [0.1, 0.15) is 11.2 Å². The minimum Gasteiger partial charge on any atom is -0.221 e. The second kappa shape index (κ2) is 4.81. The lowest BCUT2D eigenvalue weighted by atomic mass is 9.97. The zero-order chi connectivity index (χ0) is 16.1. The van der Waals surface area contributed by atoms with Gasteiger partial charge in [-0.15, -0.1) is 0 Å². The van der Waals surface area contributed by atoms with E-state index in [2.05, 4.69) is 99.6 Å². The first-order valence-corrected chi connectivity index (χ1v) is 8.21. The van der Waals surface area contributed by atoms with Gasteiger partial charge in [-0.05, 0) is 45.0 Å². The first kappa shape index (κ1) is 14.2. The highest BCUT2D eigenvalue weighted by Gasteiger charge is 2.53. The van der Waals surface area contributed by atoms with Crippen molar-refractivity contribution in [2.45, 2.75) is 26.3 Å². The molecule has 1 aliphatic heterocycles. The Morgan fingerprint density at radius 2 is 1.00 bits per heavy atom. The van der Waals surface area contributed by atoms with Crippen LogP contribution < -0.4 is 4.48 Å². The zero-order valence-corrected chi connectivity index (χ0v) is 14.0. The van der Waals surface area contributed by atoms with Crippen molar-refractivity contribution in [3.05, 3.63) is 78.9 Å².